The second-order valence-corrected chi connectivity index (χ2v) is 5.11. The minimum Gasteiger partial charge on any atom is -0.498 e. The van der Waals surface area contributed by atoms with E-state index in [2.05, 4.69) is 6.92 Å². The molecule has 0 saturated carbocycles. The summed E-state index contributed by atoms with van der Waals surface area (Å²) in [7, 11) is 0. The number of hydrogen-bond donors (Lipinski definition) is 0. The molecule has 0 radical (unpaired) electrons. The summed E-state index contributed by atoms with van der Waals surface area (Å²) in [5.41, 5.74) is 0. The van der Waals surface area contributed by atoms with Crippen LogP contribution >= 0.6 is 0 Å². The van der Waals surface area contributed by atoms with Gasteiger partial charge in [0.1, 0.15) is 6.29 Å². The molecule has 0 aliphatic heterocycles. The van der Waals surface area contributed by atoms with Gasteiger partial charge in [-0.2, -0.15) is 0 Å². The Kier molecular flexibility index (Phi) is 14.1. The topological polar surface area (TPSA) is 52.6 Å². The molecule has 0 saturated heterocycles. The van der Waals surface area contributed by atoms with E-state index in [1.165, 1.54) is 31.6 Å². The quantitative estimate of drug-likeness (QED) is 0.159. The monoisotopic (exact) mass is 298 g/mol. The zero-order valence-corrected chi connectivity index (χ0v) is 13.5. The van der Waals surface area contributed by atoms with Gasteiger partial charge in [-0.1, -0.05) is 26.2 Å². The average molecular weight is 298 g/mol. The van der Waals surface area contributed by atoms with E-state index in [1.54, 1.807) is 6.92 Å². The number of rotatable bonds is 14. The molecular formula is C17H30O4. The molecule has 0 amide bonds. The van der Waals surface area contributed by atoms with Gasteiger partial charge in [0.25, 0.3) is 0 Å². The second kappa shape index (κ2) is 15.1. The molecule has 0 spiro atoms. The van der Waals surface area contributed by atoms with E-state index in [-0.39, 0.29) is 12.1 Å². The van der Waals surface area contributed by atoms with Crippen molar-refractivity contribution in [3.8, 4) is 0 Å². The van der Waals surface area contributed by atoms with E-state index in [0.29, 0.717) is 13.0 Å². The third-order valence-corrected chi connectivity index (χ3v) is 3.24. The van der Waals surface area contributed by atoms with Crippen molar-refractivity contribution >= 4 is 12.3 Å². The lowest BCUT2D eigenvalue weighted by atomic mass is 10.0. The highest BCUT2D eigenvalue weighted by Gasteiger charge is 2.08. The van der Waals surface area contributed by atoms with E-state index in [9.17, 15) is 9.59 Å². The van der Waals surface area contributed by atoms with Crippen LogP contribution < -0.4 is 0 Å². The number of unbranched alkanes of at least 4 members (excludes halogenated alkanes) is 5. The maximum absolute atomic E-state index is 11.2. The molecule has 0 aliphatic rings. The maximum atomic E-state index is 11.2. The predicted molar refractivity (Wildman–Crippen MR) is 83.9 cm³/mol. The van der Waals surface area contributed by atoms with Crippen LogP contribution in [0.5, 0.6) is 0 Å². The number of aldehydes is 1. The van der Waals surface area contributed by atoms with Crippen LogP contribution in [0.3, 0.4) is 0 Å². The van der Waals surface area contributed by atoms with Gasteiger partial charge < -0.3 is 14.3 Å². The number of carbonyl (C=O) groups is 2. The Bertz CT molecular complexity index is 287. The van der Waals surface area contributed by atoms with Crippen LogP contribution in [-0.2, 0) is 19.1 Å². The SMILES string of the molecule is CCCCCCC(CCCCC=O)O/C=C/C(=O)OCC. The van der Waals surface area contributed by atoms with E-state index >= 15 is 0 Å². The van der Waals surface area contributed by atoms with Gasteiger partial charge in [0.15, 0.2) is 0 Å². The molecule has 4 heteroatoms. The van der Waals surface area contributed by atoms with Crippen LogP contribution in [0.15, 0.2) is 12.3 Å². The molecule has 122 valence electrons. The molecule has 21 heavy (non-hydrogen) atoms. The Morgan fingerprint density at radius 2 is 1.76 bits per heavy atom. The van der Waals surface area contributed by atoms with Gasteiger partial charge in [0.2, 0.25) is 0 Å². The maximum Gasteiger partial charge on any atom is 0.333 e. The Balaban J connectivity index is 4.03. The molecule has 0 N–H and O–H groups in total. The van der Waals surface area contributed by atoms with E-state index < -0.39 is 0 Å². The van der Waals surface area contributed by atoms with Crippen LogP contribution in [0.4, 0.5) is 0 Å². The fraction of sp³-hybridized carbons (Fsp3) is 0.765. The molecule has 0 aromatic rings. The summed E-state index contributed by atoms with van der Waals surface area (Å²) in [4.78, 5) is 21.5. The first-order valence-corrected chi connectivity index (χ1v) is 8.16. The van der Waals surface area contributed by atoms with Crippen LogP contribution in [0, 0.1) is 0 Å². The minimum absolute atomic E-state index is 0.124. The van der Waals surface area contributed by atoms with Crippen LogP contribution in [0.2, 0.25) is 0 Å². The van der Waals surface area contributed by atoms with Crippen molar-refractivity contribution in [2.75, 3.05) is 6.61 Å². The molecule has 0 rings (SSSR count). The molecule has 0 bridgehead atoms. The van der Waals surface area contributed by atoms with Crippen molar-refractivity contribution in [1.82, 2.24) is 0 Å². The summed E-state index contributed by atoms with van der Waals surface area (Å²) < 4.78 is 10.5. The van der Waals surface area contributed by atoms with Crippen molar-refractivity contribution in [1.29, 1.82) is 0 Å². The van der Waals surface area contributed by atoms with E-state index in [0.717, 1.165) is 38.4 Å². The molecule has 1 unspecified atom stereocenters. The standard InChI is InChI=1S/C17H30O4/c1-3-5-6-8-11-16(12-9-7-10-14-18)21-15-13-17(19)20-4-2/h13-16H,3-12H2,1-2H3/b15-13+. The minimum atomic E-state index is -0.372. The molecular weight excluding hydrogens is 268 g/mol. The molecule has 0 heterocycles. The average Bonchev–Trinajstić information content (AvgIpc) is 2.47. The number of carbonyl (C=O) groups excluding carboxylic acids is 2. The first kappa shape index (κ1) is 19.7. The van der Waals surface area contributed by atoms with Crippen molar-refractivity contribution < 1.29 is 19.1 Å². The van der Waals surface area contributed by atoms with Gasteiger partial charge in [-0.3, -0.25) is 0 Å². The smallest absolute Gasteiger partial charge is 0.333 e. The van der Waals surface area contributed by atoms with Crippen LogP contribution in [0.1, 0.15) is 71.6 Å². The lowest BCUT2D eigenvalue weighted by Crippen LogP contribution is -2.10. The first-order chi connectivity index (χ1) is 10.2. The Hall–Kier alpha value is -1.32. The molecule has 4 nitrogen and oxygen atoms in total. The summed E-state index contributed by atoms with van der Waals surface area (Å²) in [5, 5.41) is 0. The normalized spacial score (nSPS) is 12.3. The first-order valence-electron chi connectivity index (χ1n) is 8.16. The molecule has 0 aliphatic carbocycles. The third kappa shape index (κ3) is 13.4. The zero-order chi connectivity index (χ0) is 15.8. The van der Waals surface area contributed by atoms with Gasteiger partial charge in [0, 0.05) is 6.42 Å². The highest BCUT2D eigenvalue weighted by molar-refractivity contribution is 5.81. The summed E-state index contributed by atoms with van der Waals surface area (Å²) in [6.07, 6.45) is 13.1. The number of ether oxygens (including phenoxy) is 2. The summed E-state index contributed by atoms with van der Waals surface area (Å²) >= 11 is 0. The summed E-state index contributed by atoms with van der Waals surface area (Å²) in [5.74, 6) is -0.372. The zero-order valence-electron chi connectivity index (χ0n) is 13.5. The van der Waals surface area contributed by atoms with Crippen molar-refractivity contribution in [3.63, 3.8) is 0 Å². The second-order valence-electron chi connectivity index (χ2n) is 5.11. The highest BCUT2D eigenvalue weighted by atomic mass is 16.5. The largest absolute Gasteiger partial charge is 0.498 e. The Morgan fingerprint density at radius 1 is 1.05 bits per heavy atom. The Labute approximate surface area is 128 Å². The van der Waals surface area contributed by atoms with Crippen molar-refractivity contribution in [2.45, 2.75) is 77.7 Å². The number of hydrogen-bond acceptors (Lipinski definition) is 4. The van der Waals surface area contributed by atoms with Gasteiger partial charge in [-0.05, 0) is 39.0 Å². The molecule has 0 aromatic heterocycles. The van der Waals surface area contributed by atoms with Crippen LogP contribution in [0.25, 0.3) is 0 Å². The van der Waals surface area contributed by atoms with Gasteiger partial charge in [-0.25, -0.2) is 4.79 Å². The fourth-order valence-corrected chi connectivity index (χ4v) is 2.08. The highest BCUT2D eigenvalue weighted by Crippen LogP contribution is 2.15. The van der Waals surface area contributed by atoms with Crippen LogP contribution in [-0.4, -0.2) is 25.0 Å². The van der Waals surface area contributed by atoms with E-state index in [1.807, 2.05) is 0 Å². The van der Waals surface area contributed by atoms with Crippen molar-refractivity contribution in [2.24, 2.45) is 0 Å². The molecule has 0 aromatic carbocycles. The predicted octanol–water partition coefficient (Wildman–Crippen LogP) is 4.18. The Morgan fingerprint density at radius 3 is 2.38 bits per heavy atom. The summed E-state index contributed by atoms with van der Waals surface area (Å²) in [6.45, 7) is 4.33. The summed E-state index contributed by atoms with van der Waals surface area (Å²) in [6, 6.07) is 0. The lowest BCUT2D eigenvalue weighted by molar-refractivity contribution is -0.137. The lowest BCUT2D eigenvalue weighted by Gasteiger charge is -2.16. The van der Waals surface area contributed by atoms with Gasteiger partial charge in [0.05, 0.1) is 25.0 Å². The number of esters is 1. The molecule has 1 atom stereocenters. The third-order valence-electron chi connectivity index (χ3n) is 3.24. The van der Waals surface area contributed by atoms with Crippen molar-refractivity contribution in [3.05, 3.63) is 12.3 Å². The van der Waals surface area contributed by atoms with Gasteiger partial charge in [-0.15, -0.1) is 0 Å². The molecule has 0 fully saturated rings. The van der Waals surface area contributed by atoms with Gasteiger partial charge >= 0.3 is 5.97 Å². The van der Waals surface area contributed by atoms with E-state index in [4.69, 9.17) is 9.47 Å². The fourth-order valence-electron chi connectivity index (χ4n) is 2.08.